The number of fused-ring (bicyclic) bond motifs is 1. The number of para-hydroxylation sites is 1. The second-order valence-corrected chi connectivity index (χ2v) is 5.04. The van der Waals surface area contributed by atoms with Crippen LogP contribution >= 0.6 is 0 Å². The maximum atomic E-state index is 11.5. The monoisotopic (exact) mass is 267 g/mol. The molecule has 4 heteroatoms. The predicted octanol–water partition coefficient (Wildman–Crippen LogP) is 2.52. The first-order valence-corrected chi connectivity index (χ1v) is 6.76. The average Bonchev–Trinajstić information content (AvgIpc) is 2.82. The second kappa shape index (κ2) is 4.96. The first kappa shape index (κ1) is 12.7. The smallest absolute Gasteiger partial charge is 0.252 e. The number of rotatable bonds is 2. The Hall–Kier alpha value is -2.36. The molecular weight excluding hydrogens is 250 g/mol. The normalized spacial score (nSPS) is 16.9. The van der Waals surface area contributed by atoms with Crippen molar-refractivity contribution in [1.29, 1.82) is 0 Å². The third kappa shape index (κ3) is 2.03. The Balaban J connectivity index is 1.95. The van der Waals surface area contributed by atoms with Gasteiger partial charge in [0, 0.05) is 25.0 Å². The van der Waals surface area contributed by atoms with Gasteiger partial charge in [0.1, 0.15) is 5.82 Å². The highest BCUT2D eigenvalue weighted by Crippen LogP contribution is 2.36. The van der Waals surface area contributed by atoms with E-state index in [9.17, 15) is 4.79 Å². The van der Waals surface area contributed by atoms with E-state index in [4.69, 9.17) is 0 Å². The summed E-state index contributed by atoms with van der Waals surface area (Å²) in [4.78, 5) is 18.2. The summed E-state index contributed by atoms with van der Waals surface area (Å²) >= 11 is 0. The molecule has 102 valence electrons. The first-order valence-electron chi connectivity index (χ1n) is 6.76. The molecule has 1 unspecified atom stereocenters. The van der Waals surface area contributed by atoms with Crippen LogP contribution in [0.3, 0.4) is 0 Å². The van der Waals surface area contributed by atoms with Crippen molar-refractivity contribution in [3.05, 3.63) is 53.7 Å². The molecule has 0 radical (unpaired) electrons. The fraction of sp³-hybridized carbons (Fsp3) is 0.250. The zero-order chi connectivity index (χ0) is 14.1. The van der Waals surface area contributed by atoms with Crippen molar-refractivity contribution in [2.24, 2.45) is 0 Å². The molecular formula is C16H17N3O. The van der Waals surface area contributed by atoms with Gasteiger partial charge in [0.25, 0.3) is 5.91 Å². The van der Waals surface area contributed by atoms with E-state index in [1.807, 2.05) is 18.2 Å². The number of pyridine rings is 1. The van der Waals surface area contributed by atoms with Crippen LogP contribution in [0.4, 0.5) is 11.5 Å². The van der Waals surface area contributed by atoms with Crippen molar-refractivity contribution < 1.29 is 4.79 Å². The number of amides is 1. The lowest BCUT2D eigenvalue weighted by Gasteiger charge is -2.23. The molecule has 1 N–H and O–H groups in total. The highest BCUT2D eigenvalue weighted by Gasteiger charge is 2.27. The Morgan fingerprint density at radius 1 is 1.30 bits per heavy atom. The van der Waals surface area contributed by atoms with Gasteiger partial charge in [0.15, 0.2) is 0 Å². The molecule has 0 saturated heterocycles. The molecule has 1 aliphatic rings. The maximum absolute atomic E-state index is 11.5. The van der Waals surface area contributed by atoms with E-state index >= 15 is 0 Å². The Morgan fingerprint density at radius 2 is 2.10 bits per heavy atom. The lowest BCUT2D eigenvalue weighted by molar-refractivity contribution is 0.0963. The van der Waals surface area contributed by atoms with Gasteiger partial charge >= 0.3 is 0 Å². The molecule has 0 bridgehead atoms. The van der Waals surface area contributed by atoms with Crippen molar-refractivity contribution in [3.8, 4) is 0 Å². The fourth-order valence-corrected chi connectivity index (χ4v) is 2.72. The highest BCUT2D eigenvalue weighted by atomic mass is 16.1. The lowest BCUT2D eigenvalue weighted by Crippen LogP contribution is -2.25. The van der Waals surface area contributed by atoms with Crippen molar-refractivity contribution in [3.63, 3.8) is 0 Å². The second-order valence-electron chi connectivity index (χ2n) is 5.04. The minimum absolute atomic E-state index is 0.112. The molecule has 0 saturated carbocycles. The summed E-state index contributed by atoms with van der Waals surface area (Å²) in [6.07, 6.45) is 2.65. The molecule has 3 rings (SSSR count). The number of carbonyl (C=O) groups is 1. The van der Waals surface area contributed by atoms with Gasteiger partial charge in [-0.2, -0.15) is 0 Å². The van der Waals surface area contributed by atoms with Gasteiger partial charge < -0.3 is 10.2 Å². The third-order valence-electron chi connectivity index (χ3n) is 3.69. The van der Waals surface area contributed by atoms with Crippen LogP contribution in [0.2, 0.25) is 0 Å². The molecule has 0 fully saturated rings. The van der Waals surface area contributed by atoms with Crippen LogP contribution in [0.5, 0.6) is 0 Å². The maximum Gasteiger partial charge on any atom is 0.252 e. The van der Waals surface area contributed by atoms with Gasteiger partial charge in [-0.05, 0) is 37.1 Å². The number of nitrogens with one attached hydrogen (secondary N) is 1. The number of benzene rings is 1. The van der Waals surface area contributed by atoms with E-state index in [1.165, 1.54) is 11.3 Å². The minimum atomic E-state index is -0.112. The minimum Gasteiger partial charge on any atom is -0.355 e. The average molecular weight is 267 g/mol. The summed E-state index contributed by atoms with van der Waals surface area (Å²) in [7, 11) is 1.62. The molecule has 20 heavy (non-hydrogen) atoms. The molecule has 0 spiro atoms. The molecule has 1 aromatic carbocycles. The van der Waals surface area contributed by atoms with Crippen molar-refractivity contribution in [2.75, 3.05) is 11.9 Å². The van der Waals surface area contributed by atoms with E-state index in [1.54, 1.807) is 13.2 Å². The van der Waals surface area contributed by atoms with E-state index in [0.29, 0.717) is 11.6 Å². The summed E-state index contributed by atoms with van der Waals surface area (Å²) in [6.45, 7) is 2.19. The van der Waals surface area contributed by atoms with Crippen molar-refractivity contribution >= 4 is 17.4 Å². The van der Waals surface area contributed by atoms with Gasteiger partial charge in [0.05, 0.1) is 5.56 Å². The Morgan fingerprint density at radius 3 is 2.80 bits per heavy atom. The summed E-state index contributed by atoms with van der Waals surface area (Å²) < 4.78 is 0. The number of nitrogens with zero attached hydrogens (tertiary/aromatic N) is 2. The largest absolute Gasteiger partial charge is 0.355 e. The van der Waals surface area contributed by atoms with Crippen LogP contribution in [0.25, 0.3) is 0 Å². The summed E-state index contributed by atoms with van der Waals surface area (Å²) in [5.74, 6) is 0.772. The summed E-state index contributed by atoms with van der Waals surface area (Å²) in [5.41, 5.74) is 3.13. The Kier molecular flexibility index (Phi) is 3.14. The van der Waals surface area contributed by atoms with Crippen molar-refractivity contribution in [2.45, 2.75) is 19.4 Å². The van der Waals surface area contributed by atoms with Gasteiger partial charge in [0.2, 0.25) is 0 Å². The summed E-state index contributed by atoms with van der Waals surface area (Å²) in [5, 5.41) is 2.60. The molecule has 1 aliphatic heterocycles. The molecule has 1 amide bonds. The van der Waals surface area contributed by atoms with E-state index in [2.05, 4.69) is 40.3 Å². The number of aromatic nitrogens is 1. The van der Waals surface area contributed by atoms with Crippen LogP contribution < -0.4 is 10.2 Å². The quantitative estimate of drug-likeness (QED) is 0.909. The van der Waals surface area contributed by atoms with Crippen molar-refractivity contribution in [1.82, 2.24) is 10.3 Å². The zero-order valence-electron chi connectivity index (χ0n) is 11.6. The van der Waals surface area contributed by atoms with Gasteiger partial charge in [-0.25, -0.2) is 4.98 Å². The van der Waals surface area contributed by atoms with Gasteiger partial charge in [-0.15, -0.1) is 0 Å². The molecule has 4 nitrogen and oxygen atoms in total. The molecule has 2 aromatic rings. The topological polar surface area (TPSA) is 45.2 Å². The SMILES string of the molecule is CNC(=O)c1ccc(N2c3ccccc3CC2C)nc1. The molecule has 1 aromatic heterocycles. The number of anilines is 2. The van der Waals surface area contributed by atoms with Crippen LogP contribution in [0.1, 0.15) is 22.8 Å². The van der Waals surface area contributed by atoms with E-state index in [0.717, 1.165) is 12.2 Å². The third-order valence-corrected chi connectivity index (χ3v) is 3.69. The number of carbonyl (C=O) groups excluding carboxylic acids is 1. The molecule has 2 heterocycles. The zero-order valence-corrected chi connectivity index (χ0v) is 11.6. The van der Waals surface area contributed by atoms with Crippen LogP contribution in [0, 0.1) is 0 Å². The first-order chi connectivity index (χ1) is 9.70. The van der Waals surface area contributed by atoms with Crippen LogP contribution in [-0.4, -0.2) is 24.0 Å². The van der Waals surface area contributed by atoms with Gasteiger partial charge in [-0.3, -0.25) is 4.79 Å². The Labute approximate surface area is 118 Å². The van der Waals surface area contributed by atoms with E-state index < -0.39 is 0 Å². The van der Waals surface area contributed by atoms with Crippen LogP contribution in [-0.2, 0) is 6.42 Å². The van der Waals surface area contributed by atoms with E-state index in [-0.39, 0.29) is 5.91 Å². The molecule has 0 aliphatic carbocycles. The van der Waals surface area contributed by atoms with Crippen LogP contribution in [0.15, 0.2) is 42.6 Å². The summed E-state index contributed by atoms with van der Waals surface area (Å²) in [6, 6.07) is 12.5. The standard InChI is InChI=1S/C16H17N3O/c1-11-9-12-5-3-4-6-14(12)19(11)15-8-7-13(10-18-15)16(20)17-2/h3-8,10-11H,9H2,1-2H3,(H,17,20). The Bertz CT molecular complexity index is 636. The number of hydrogen-bond donors (Lipinski definition) is 1. The molecule has 1 atom stereocenters. The predicted molar refractivity (Wildman–Crippen MR) is 79.4 cm³/mol. The number of hydrogen-bond acceptors (Lipinski definition) is 3. The lowest BCUT2D eigenvalue weighted by atomic mass is 10.1. The van der Waals surface area contributed by atoms with Gasteiger partial charge in [-0.1, -0.05) is 18.2 Å². The fourth-order valence-electron chi connectivity index (χ4n) is 2.72. The highest BCUT2D eigenvalue weighted by molar-refractivity contribution is 5.93.